The number of amides is 1. The lowest BCUT2D eigenvalue weighted by atomic mass is 10.3. The van der Waals surface area contributed by atoms with Gasteiger partial charge in [-0.05, 0) is 18.2 Å². The standard InChI is InChI=1S/C16H18N4O5S/c1-17-8-4-6-14(17)16(21)18-9-11-19(12-10-18)26(24,25)15-7-3-2-5-13(15)20(22)23/h2-8H,9-12H2,1H3. The first-order chi connectivity index (χ1) is 12.3. The fourth-order valence-electron chi connectivity index (χ4n) is 2.94. The van der Waals surface area contributed by atoms with Crippen LogP contribution in [0.5, 0.6) is 0 Å². The molecule has 1 amide bonds. The molecule has 2 aromatic rings. The van der Waals surface area contributed by atoms with Crippen LogP contribution in [0.25, 0.3) is 0 Å². The molecule has 0 N–H and O–H groups in total. The van der Waals surface area contributed by atoms with Gasteiger partial charge in [0.2, 0.25) is 10.0 Å². The summed E-state index contributed by atoms with van der Waals surface area (Å²) < 4.78 is 28.5. The van der Waals surface area contributed by atoms with Gasteiger partial charge in [-0.1, -0.05) is 12.1 Å². The Bertz CT molecular complexity index is 945. The van der Waals surface area contributed by atoms with Crippen molar-refractivity contribution >= 4 is 21.6 Å². The molecular weight excluding hydrogens is 360 g/mol. The van der Waals surface area contributed by atoms with Crippen LogP contribution in [0.3, 0.4) is 0 Å². The molecule has 0 bridgehead atoms. The summed E-state index contributed by atoms with van der Waals surface area (Å²) in [5, 5.41) is 11.1. The summed E-state index contributed by atoms with van der Waals surface area (Å²) >= 11 is 0. The van der Waals surface area contributed by atoms with Crippen LogP contribution in [-0.4, -0.2) is 59.2 Å². The van der Waals surface area contributed by atoms with E-state index in [1.54, 1.807) is 34.8 Å². The number of para-hydroxylation sites is 1. The third-order valence-electron chi connectivity index (χ3n) is 4.37. The van der Waals surface area contributed by atoms with Gasteiger partial charge in [0.1, 0.15) is 5.69 Å². The van der Waals surface area contributed by atoms with E-state index in [1.807, 2.05) is 0 Å². The highest BCUT2D eigenvalue weighted by Gasteiger charge is 2.34. The number of benzene rings is 1. The van der Waals surface area contributed by atoms with Crippen molar-refractivity contribution in [3.63, 3.8) is 0 Å². The molecule has 2 heterocycles. The maximum Gasteiger partial charge on any atom is 0.289 e. The van der Waals surface area contributed by atoms with E-state index < -0.39 is 20.6 Å². The highest BCUT2D eigenvalue weighted by molar-refractivity contribution is 7.89. The van der Waals surface area contributed by atoms with E-state index in [4.69, 9.17) is 0 Å². The summed E-state index contributed by atoms with van der Waals surface area (Å²) in [6.07, 6.45) is 1.77. The fourth-order valence-corrected chi connectivity index (χ4v) is 4.52. The number of aromatic nitrogens is 1. The lowest BCUT2D eigenvalue weighted by Gasteiger charge is -2.33. The van der Waals surface area contributed by atoms with E-state index in [0.717, 1.165) is 0 Å². The number of piperazine rings is 1. The van der Waals surface area contributed by atoms with Crippen molar-refractivity contribution in [2.24, 2.45) is 7.05 Å². The molecule has 26 heavy (non-hydrogen) atoms. The van der Waals surface area contributed by atoms with Crippen LogP contribution in [0.15, 0.2) is 47.5 Å². The first kappa shape index (κ1) is 18.1. The van der Waals surface area contributed by atoms with Gasteiger partial charge in [-0.2, -0.15) is 4.31 Å². The van der Waals surface area contributed by atoms with Gasteiger partial charge in [-0.25, -0.2) is 8.42 Å². The first-order valence-electron chi connectivity index (χ1n) is 7.96. The molecule has 0 atom stereocenters. The molecule has 1 saturated heterocycles. The molecule has 1 aromatic heterocycles. The summed E-state index contributed by atoms with van der Waals surface area (Å²) in [6, 6.07) is 8.75. The Kier molecular flexibility index (Phi) is 4.79. The van der Waals surface area contributed by atoms with Crippen LogP contribution in [0.2, 0.25) is 0 Å². The number of nitrogens with zero attached hydrogens (tertiary/aromatic N) is 4. The van der Waals surface area contributed by atoms with E-state index >= 15 is 0 Å². The third kappa shape index (κ3) is 3.20. The van der Waals surface area contributed by atoms with Crippen LogP contribution in [0.1, 0.15) is 10.5 Å². The Hall–Kier alpha value is -2.72. The van der Waals surface area contributed by atoms with Gasteiger partial charge in [0.15, 0.2) is 4.90 Å². The highest BCUT2D eigenvalue weighted by atomic mass is 32.2. The zero-order valence-electron chi connectivity index (χ0n) is 14.1. The van der Waals surface area contributed by atoms with Gasteiger partial charge in [0.05, 0.1) is 4.92 Å². The van der Waals surface area contributed by atoms with Crippen LogP contribution in [0, 0.1) is 10.1 Å². The topological polar surface area (TPSA) is 106 Å². The van der Waals surface area contributed by atoms with Crippen molar-refractivity contribution in [2.75, 3.05) is 26.2 Å². The summed E-state index contributed by atoms with van der Waals surface area (Å²) in [4.78, 5) is 24.2. The van der Waals surface area contributed by atoms with Gasteiger partial charge < -0.3 is 9.47 Å². The monoisotopic (exact) mass is 378 g/mol. The van der Waals surface area contributed by atoms with Crippen molar-refractivity contribution in [3.8, 4) is 0 Å². The molecule has 0 saturated carbocycles. The van der Waals surface area contributed by atoms with Gasteiger partial charge in [-0.3, -0.25) is 14.9 Å². The van der Waals surface area contributed by atoms with Crippen molar-refractivity contribution in [1.82, 2.24) is 13.8 Å². The van der Waals surface area contributed by atoms with E-state index in [1.165, 1.54) is 28.6 Å². The number of sulfonamides is 1. The fraction of sp³-hybridized carbons (Fsp3) is 0.312. The number of hydrogen-bond acceptors (Lipinski definition) is 5. The quantitative estimate of drug-likeness (QED) is 0.585. The molecule has 0 aliphatic carbocycles. The minimum Gasteiger partial charge on any atom is -0.347 e. The normalized spacial score (nSPS) is 15.8. The van der Waals surface area contributed by atoms with Gasteiger partial charge >= 0.3 is 0 Å². The maximum atomic E-state index is 12.8. The van der Waals surface area contributed by atoms with Gasteiger partial charge in [-0.15, -0.1) is 0 Å². The minimum atomic E-state index is -4.00. The van der Waals surface area contributed by atoms with Crippen LogP contribution in [-0.2, 0) is 17.1 Å². The smallest absolute Gasteiger partial charge is 0.289 e. The summed E-state index contributed by atoms with van der Waals surface area (Å²) in [6.45, 7) is 0.628. The number of carbonyl (C=O) groups excluding carboxylic acids is 1. The molecular formula is C16H18N4O5S. The van der Waals surface area contributed by atoms with Crippen molar-refractivity contribution in [1.29, 1.82) is 0 Å². The summed E-state index contributed by atoms with van der Waals surface area (Å²) in [5.41, 5.74) is 0.0785. The number of hydrogen-bond donors (Lipinski definition) is 0. The second kappa shape index (κ2) is 6.89. The molecule has 10 heteroatoms. The third-order valence-corrected chi connectivity index (χ3v) is 6.31. The molecule has 3 rings (SSSR count). The average molecular weight is 378 g/mol. The Labute approximate surface area is 150 Å². The maximum absolute atomic E-state index is 12.8. The SMILES string of the molecule is Cn1cccc1C(=O)N1CCN(S(=O)(=O)c2ccccc2[N+](=O)[O-])CC1. The lowest BCUT2D eigenvalue weighted by Crippen LogP contribution is -2.50. The van der Waals surface area contributed by atoms with Crippen LogP contribution < -0.4 is 0 Å². The largest absolute Gasteiger partial charge is 0.347 e. The van der Waals surface area contributed by atoms with Gasteiger partial charge in [0, 0.05) is 45.5 Å². The molecule has 1 aliphatic rings. The number of carbonyl (C=O) groups is 1. The molecule has 1 aromatic carbocycles. The highest BCUT2D eigenvalue weighted by Crippen LogP contribution is 2.27. The van der Waals surface area contributed by atoms with Crippen LogP contribution >= 0.6 is 0 Å². The zero-order valence-corrected chi connectivity index (χ0v) is 14.9. The average Bonchev–Trinajstić information content (AvgIpc) is 3.07. The number of nitro benzene ring substituents is 1. The first-order valence-corrected chi connectivity index (χ1v) is 9.40. The molecule has 0 unspecified atom stereocenters. The van der Waals surface area contributed by atoms with Crippen LogP contribution in [0.4, 0.5) is 5.69 Å². The van der Waals surface area contributed by atoms with E-state index in [0.29, 0.717) is 5.69 Å². The van der Waals surface area contributed by atoms with E-state index in [-0.39, 0.29) is 37.0 Å². The minimum absolute atomic E-state index is 0.0878. The van der Waals surface area contributed by atoms with Gasteiger partial charge in [0.25, 0.3) is 11.6 Å². The molecule has 9 nitrogen and oxygen atoms in total. The Morgan fingerprint density at radius 1 is 1.08 bits per heavy atom. The molecule has 138 valence electrons. The molecule has 0 radical (unpaired) electrons. The second-order valence-corrected chi connectivity index (χ2v) is 7.83. The van der Waals surface area contributed by atoms with Crippen molar-refractivity contribution in [3.05, 3.63) is 58.4 Å². The zero-order chi connectivity index (χ0) is 18.9. The lowest BCUT2D eigenvalue weighted by molar-refractivity contribution is -0.387. The number of nitro groups is 1. The number of rotatable bonds is 4. The summed E-state index contributed by atoms with van der Waals surface area (Å²) in [7, 11) is -2.23. The second-order valence-electron chi connectivity index (χ2n) is 5.93. The summed E-state index contributed by atoms with van der Waals surface area (Å²) in [5.74, 6) is -0.166. The molecule has 1 aliphatic heterocycles. The van der Waals surface area contributed by atoms with E-state index in [9.17, 15) is 23.3 Å². The Morgan fingerprint density at radius 3 is 2.31 bits per heavy atom. The van der Waals surface area contributed by atoms with Crippen molar-refractivity contribution < 1.29 is 18.1 Å². The van der Waals surface area contributed by atoms with E-state index in [2.05, 4.69) is 0 Å². The molecule has 0 spiro atoms. The Balaban J connectivity index is 1.77. The predicted molar refractivity (Wildman–Crippen MR) is 93.2 cm³/mol. The molecule has 1 fully saturated rings. The van der Waals surface area contributed by atoms with Crippen molar-refractivity contribution in [2.45, 2.75) is 4.90 Å². The number of aryl methyl sites for hydroxylation is 1. The predicted octanol–water partition coefficient (Wildman–Crippen LogP) is 1.08. The Morgan fingerprint density at radius 2 is 1.73 bits per heavy atom.